The van der Waals surface area contributed by atoms with E-state index < -0.39 is 17.4 Å². The smallest absolute Gasteiger partial charge is 0.387 e. The number of anilines is 1. The van der Waals surface area contributed by atoms with E-state index >= 15 is 0 Å². The van der Waals surface area contributed by atoms with Crippen LogP contribution in [0.2, 0.25) is 0 Å². The lowest BCUT2D eigenvalue weighted by Crippen LogP contribution is -2.12. The molecular formula is C16H15F2N3O4. The highest BCUT2D eigenvalue weighted by atomic mass is 19.3. The molecule has 25 heavy (non-hydrogen) atoms. The van der Waals surface area contributed by atoms with Crippen molar-refractivity contribution in [2.75, 3.05) is 11.9 Å². The molecule has 0 radical (unpaired) electrons. The van der Waals surface area contributed by atoms with E-state index in [4.69, 9.17) is 5.73 Å². The van der Waals surface area contributed by atoms with Gasteiger partial charge in [0.2, 0.25) is 5.91 Å². The molecular weight excluding hydrogens is 336 g/mol. The van der Waals surface area contributed by atoms with Gasteiger partial charge in [0, 0.05) is 18.2 Å². The Bertz CT molecular complexity index is 766. The van der Waals surface area contributed by atoms with E-state index in [-0.39, 0.29) is 22.7 Å². The Kier molecular flexibility index (Phi) is 5.83. The summed E-state index contributed by atoms with van der Waals surface area (Å²) in [5.41, 5.74) is 6.00. The maximum Gasteiger partial charge on any atom is 0.387 e. The largest absolute Gasteiger partial charge is 0.435 e. The van der Waals surface area contributed by atoms with Crippen molar-refractivity contribution >= 4 is 17.3 Å². The summed E-state index contributed by atoms with van der Waals surface area (Å²) in [5, 5.41) is 14.0. The van der Waals surface area contributed by atoms with Gasteiger partial charge in [-0.25, -0.2) is 0 Å². The van der Waals surface area contributed by atoms with Crippen LogP contribution in [0.3, 0.4) is 0 Å². The summed E-state index contributed by atoms with van der Waals surface area (Å²) in [6, 6.07) is 10.0. The summed E-state index contributed by atoms with van der Waals surface area (Å²) in [4.78, 5) is 21.6. The molecule has 9 heteroatoms. The number of ether oxygens (including phenoxy) is 1. The van der Waals surface area contributed by atoms with Gasteiger partial charge in [-0.05, 0) is 36.2 Å². The molecule has 3 N–H and O–H groups in total. The first-order valence-corrected chi connectivity index (χ1v) is 7.22. The van der Waals surface area contributed by atoms with Crippen molar-refractivity contribution < 1.29 is 23.2 Å². The Balaban J connectivity index is 1.99. The third-order valence-electron chi connectivity index (χ3n) is 3.36. The first kappa shape index (κ1) is 18.1. The van der Waals surface area contributed by atoms with E-state index in [0.717, 1.165) is 11.6 Å². The van der Waals surface area contributed by atoms with Gasteiger partial charge < -0.3 is 15.8 Å². The number of nitro benzene ring substituents is 1. The van der Waals surface area contributed by atoms with Gasteiger partial charge >= 0.3 is 6.61 Å². The van der Waals surface area contributed by atoms with Gasteiger partial charge in [0.05, 0.1) is 4.92 Å². The van der Waals surface area contributed by atoms with E-state index in [0.29, 0.717) is 13.0 Å². The zero-order valence-corrected chi connectivity index (χ0v) is 12.9. The number of rotatable bonds is 8. The van der Waals surface area contributed by atoms with Crippen molar-refractivity contribution in [3.8, 4) is 5.75 Å². The highest BCUT2D eigenvalue weighted by Gasteiger charge is 2.16. The lowest BCUT2D eigenvalue weighted by Gasteiger charge is -2.09. The van der Waals surface area contributed by atoms with Crippen LogP contribution in [-0.4, -0.2) is 24.0 Å². The minimum atomic E-state index is -2.88. The summed E-state index contributed by atoms with van der Waals surface area (Å²) < 4.78 is 28.4. The molecule has 2 aromatic carbocycles. The molecule has 0 fully saturated rings. The topological polar surface area (TPSA) is 107 Å². The zero-order chi connectivity index (χ0) is 18.4. The molecule has 0 atom stereocenters. The number of primary amides is 1. The van der Waals surface area contributed by atoms with Crippen molar-refractivity contribution in [3.05, 3.63) is 63.7 Å². The quantitative estimate of drug-likeness (QED) is 0.561. The fraction of sp³-hybridized carbons (Fsp3) is 0.188. The van der Waals surface area contributed by atoms with Gasteiger partial charge in [-0.3, -0.25) is 14.9 Å². The second-order valence-electron chi connectivity index (χ2n) is 5.05. The number of benzene rings is 2. The van der Waals surface area contributed by atoms with Crippen molar-refractivity contribution in [1.29, 1.82) is 0 Å². The summed E-state index contributed by atoms with van der Waals surface area (Å²) in [6.07, 6.45) is 0.504. The van der Waals surface area contributed by atoms with Gasteiger partial charge in [-0.15, -0.1) is 0 Å². The van der Waals surface area contributed by atoms with Crippen molar-refractivity contribution in [3.63, 3.8) is 0 Å². The number of nitrogens with zero attached hydrogens (tertiary/aromatic N) is 1. The SMILES string of the molecule is NC(=O)c1ccc(NCCc2ccc(OC(F)F)cc2)c([N+](=O)[O-])c1. The summed E-state index contributed by atoms with van der Waals surface area (Å²) in [7, 11) is 0. The number of alkyl halides is 2. The van der Waals surface area contributed by atoms with E-state index in [2.05, 4.69) is 10.1 Å². The van der Waals surface area contributed by atoms with Crippen LogP contribution < -0.4 is 15.8 Å². The lowest BCUT2D eigenvalue weighted by molar-refractivity contribution is -0.384. The summed E-state index contributed by atoms with van der Waals surface area (Å²) in [5.74, 6) is -0.690. The van der Waals surface area contributed by atoms with Crippen LogP contribution in [0.15, 0.2) is 42.5 Å². The van der Waals surface area contributed by atoms with Crippen LogP contribution in [0.5, 0.6) is 5.75 Å². The van der Waals surface area contributed by atoms with Gasteiger partial charge in [-0.2, -0.15) is 8.78 Å². The van der Waals surface area contributed by atoms with Crippen molar-refractivity contribution in [2.24, 2.45) is 5.73 Å². The van der Waals surface area contributed by atoms with Crippen molar-refractivity contribution in [2.45, 2.75) is 13.0 Å². The number of carbonyl (C=O) groups is 1. The molecule has 0 spiro atoms. The average molecular weight is 351 g/mol. The standard InChI is InChI=1S/C16H15F2N3O4/c17-16(18)25-12-4-1-10(2-5-12)7-8-20-13-6-3-11(15(19)22)9-14(13)21(23)24/h1-6,9,16,20H,7-8H2,(H2,19,22). The predicted molar refractivity (Wildman–Crippen MR) is 86.9 cm³/mol. The normalized spacial score (nSPS) is 10.5. The third-order valence-corrected chi connectivity index (χ3v) is 3.36. The minimum Gasteiger partial charge on any atom is -0.435 e. The monoisotopic (exact) mass is 351 g/mol. The van der Waals surface area contributed by atoms with Crippen LogP contribution in [0.1, 0.15) is 15.9 Å². The zero-order valence-electron chi connectivity index (χ0n) is 12.9. The molecule has 0 unspecified atom stereocenters. The van der Waals surface area contributed by atoms with E-state index in [1.54, 1.807) is 12.1 Å². The second kappa shape index (κ2) is 8.04. The fourth-order valence-corrected chi connectivity index (χ4v) is 2.16. The first-order chi connectivity index (χ1) is 11.9. The molecule has 0 saturated heterocycles. The predicted octanol–water partition coefficient (Wildman–Crippen LogP) is 2.95. The number of hydrogen-bond acceptors (Lipinski definition) is 5. The van der Waals surface area contributed by atoms with Gasteiger partial charge in [-0.1, -0.05) is 12.1 Å². The third kappa shape index (κ3) is 5.13. The Hall–Kier alpha value is -3.23. The van der Waals surface area contributed by atoms with Gasteiger partial charge in [0.15, 0.2) is 0 Å². The number of carbonyl (C=O) groups excluding carboxylic acids is 1. The summed E-state index contributed by atoms with van der Waals surface area (Å²) in [6.45, 7) is -2.51. The Morgan fingerprint density at radius 2 is 1.92 bits per heavy atom. The number of halogens is 2. The Morgan fingerprint density at radius 3 is 2.48 bits per heavy atom. The molecule has 0 aliphatic heterocycles. The molecule has 132 valence electrons. The van der Waals surface area contributed by atoms with Gasteiger partial charge in [0.25, 0.3) is 5.69 Å². The number of hydrogen-bond donors (Lipinski definition) is 2. The van der Waals surface area contributed by atoms with Crippen molar-refractivity contribution in [1.82, 2.24) is 0 Å². The van der Waals surface area contributed by atoms with E-state index in [9.17, 15) is 23.7 Å². The highest BCUT2D eigenvalue weighted by molar-refractivity contribution is 5.94. The number of nitro groups is 1. The molecule has 2 aromatic rings. The average Bonchev–Trinajstić information content (AvgIpc) is 2.55. The fourth-order valence-electron chi connectivity index (χ4n) is 2.16. The molecule has 2 rings (SSSR count). The lowest BCUT2D eigenvalue weighted by atomic mass is 10.1. The van der Waals surface area contributed by atoms with Crippen LogP contribution in [-0.2, 0) is 6.42 Å². The molecule has 0 heterocycles. The van der Waals surface area contributed by atoms with Crippen LogP contribution in [0.25, 0.3) is 0 Å². The maximum absolute atomic E-state index is 12.1. The second-order valence-corrected chi connectivity index (χ2v) is 5.05. The number of nitrogens with two attached hydrogens (primary N) is 1. The van der Waals surface area contributed by atoms with Crippen LogP contribution >= 0.6 is 0 Å². The van der Waals surface area contributed by atoms with E-state index in [1.807, 2.05) is 0 Å². The maximum atomic E-state index is 12.1. The van der Waals surface area contributed by atoms with Crippen LogP contribution in [0, 0.1) is 10.1 Å². The summed E-state index contributed by atoms with van der Waals surface area (Å²) >= 11 is 0. The molecule has 0 saturated carbocycles. The van der Waals surface area contributed by atoms with Crippen LogP contribution in [0.4, 0.5) is 20.2 Å². The molecule has 7 nitrogen and oxygen atoms in total. The molecule has 1 amide bonds. The molecule has 0 bridgehead atoms. The Labute approximate surface area is 141 Å². The molecule has 0 aromatic heterocycles. The number of nitrogens with one attached hydrogen (secondary N) is 1. The molecule has 0 aliphatic carbocycles. The highest BCUT2D eigenvalue weighted by Crippen LogP contribution is 2.25. The van der Waals surface area contributed by atoms with E-state index in [1.165, 1.54) is 24.3 Å². The number of amides is 1. The van der Waals surface area contributed by atoms with Gasteiger partial charge in [0.1, 0.15) is 11.4 Å². The first-order valence-electron chi connectivity index (χ1n) is 7.22. The molecule has 0 aliphatic rings. The minimum absolute atomic E-state index is 0.0480. The Morgan fingerprint density at radius 1 is 1.24 bits per heavy atom.